The number of nitrogens with zero attached hydrogens (tertiary/aromatic N) is 1. The molecule has 1 atom stereocenters. The van der Waals surface area contributed by atoms with E-state index in [0.717, 1.165) is 28.4 Å². The van der Waals surface area contributed by atoms with E-state index in [9.17, 15) is 0 Å². The van der Waals surface area contributed by atoms with Crippen molar-refractivity contribution in [1.29, 1.82) is 0 Å². The van der Waals surface area contributed by atoms with Crippen molar-refractivity contribution in [2.24, 2.45) is 0 Å². The Morgan fingerprint density at radius 2 is 2.12 bits per heavy atom. The van der Waals surface area contributed by atoms with Crippen molar-refractivity contribution >= 4 is 22.9 Å². The summed E-state index contributed by atoms with van der Waals surface area (Å²) in [5.74, 6) is 0.547. The summed E-state index contributed by atoms with van der Waals surface area (Å²) in [5, 5.41) is 4.14. The van der Waals surface area contributed by atoms with Gasteiger partial charge in [0.25, 0.3) is 0 Å². The number of hydrogen-bond donors (Lipinski definition) is 0. The third-order valence-corrected chi connectivity index (χ3v) is 4.22. The fourth-order valence-electron chi connectivity index (χ4n) is 1.65. The van der Waals surface area contributed by atoms with Crippen molar-refractivity contribution in [1.82, 2.24) is 4.98 Å². The number of hydrogen-bond acceptors (Lipinski definition) is 2. The van der Waals surface area contributed by atoms with Crippen LogP contribution in [-0.4, -0.2) is 4.98 Å². The maximum Gasteiger partial charge on any atom is 0.0972 e. The van der Waals surface area contributed by atoms with E-state index >= 15 is 0 Å². The van der Waals surface area contributed by atoms with Gasteiger partial charge in [-0.1, -0.05) is 43.6 Å². The molecule has 90 valence electrons. The Morgan fingerprint density at radius 1 is 1.35 bits per heavy atom. The van der Waals surface area contributed by atoms with Crippen LogP contribution >= 0.6 is 22.9 Å². The standard InChI is InChI=1S/C14H16ClNS/c1-3-10(2)13-9-17-14(16-13)8-11-6-4-5-7-12(11)15/h4-7,9-10H,3,8H2,1-2H3. The van der Waals surface area contributed by atoms with Crippen molar-refractivity contribution in [2.45, 2.75) is 32.6 Å². The molecule has 0 aliphatic carbocycles. The van der Waals surface area contributed by atoms with Gasteiger partial charge in [-0.05, 0) is 24.0 Å². The van der Waals surface area contributed by atoms with Crippen LogP contribution < -0.4 is 0 Å². The average Bonchev–Trinajstić information content (AvgIpc) is 2.80. The highest BCUT2D eigenvalue weighted by Gasteiger charge is 2.09. The second kappa shape index (κ2) is 5.65. The molecule has 0 N–H and O–H groups in total. The summed E-state index contributed by atoms with van der Waals surface area (Å²) in [4.78, 5) is 4.68. The summed E-state index contributed by atoms with van der Waals surface area (Å²) in [7, 11) is 0. The molecule has 0 saturated carbocycles. The Bertz CT molecular complexity index is 492. The summed E-state index contributed by atoms with van der Waals surface area (Å²) in [6.45, 7) is 4.41. The van der Waals surface area contributed by atoms with Gasteiger partial charge in [-0.3, -0.25) is 0 Å². The number of benzene rings is 1. The van der Waals surface area contributed by atoms with Gasteiger partial charge in [-0.2, -0.15) is 0 Å². The van der Waals surface area contributed by atoms with Crippen LogP contribution in [0, 0.1) is 0 Å². The van der Waals surface area contributed by atoms with E-state index in [1.165, 1.54) is 5.69 Å². The van der Waals surface area contributed by atoms with Gasteiger partial charge in [0, 0.05) is 16.8 Å². The summed E-state index contributed by atoms with van der Waals surface area (Å²) >= 11 is 7.87. The normalized spacial score (nSPS) is 12.6. The molecule has 0 aliphatic heterocycles. The fraction of sp³-hybridized carbons (Fsp3) is 0.357. The molecule has 0 bridgehead atoms. The highest BCUT2D eigenvalue weighted by Crippen LogP contribution is 2.24. The Hall–Kier alpha value is -0.860. The van der Waals surface area contributed by atoms with Crippen LogP contribution in [0.1, 0.15) is 42.5 Å². The molecule has 1 heterocycles. The van der Waals surface area contributed by atoms with Crippen molar-refractivity contribution in [3.63, 3.8) is 0 Å². The molecule has 1 aromatic carbocycles. The van der Waals surface area contributed by atoms with Crippen LogP contribution in [0.3, 0.4) is 0 Å². The third-order valence-electron chi connectivity index (χ3n) is 2.99. The molecular formula is C14H16ClNS. The Labute approximate surface area is 111 Å². The Morgan fingerprint density at radius 3 is 2.82 bits per heavy atom. The zero-order valence-electron chi connectivity index (χ0n) is 10.1. The van der Waals surface area contributed by atoms with E-state index in [1.807, 2.05) is 18.2 Å². The second-order valence-electron chi connectivity index (χ2n) is 4.24. The van der Waals surface area contributed by atoms with Gasteiger partial charge in [0.1, 0.15) is 0 Å². The molecular weight excluding hydrogens is 250 g/mol. The molecule has 0 aliphatic rings. The summed E-state index contributed by atoms with van der Waals surface area (Å²) in [6.07, 6.45) is 1.97. The molecule has 0 amide bonds. The van der Waals surface area contributed by atoms with Gasteiger partial charge in [0.05, 0.1) is 10.7 Å². The van der Waals surface area contributed by atoms with Gasteiger partial charge in [0.15, 0.2) is 0 Å². The van der Waals surface area contributed by atoms with Crippen molar-refractivity contribution in [3.05, 3.63) is 50.9 Å². The van der Waals surface area contributed by atoms with Gasteiger partial charge in [-0.25, -0.2) is 4.98 Å². The first-order valence-electron chi connectivity index (χ1n) is 5.88. The molecule has 1 aromatic heterocycles. The molecule has 0 radical (unpaired) electrons. The van der Waals surface area contributed by atoms with E-state index in [4.69, 9.17) is 11.6 Å². The zero-order chi connectivity index (χ0) is 12.3. The van der Waals surface area contributed by atoms with Crippen molar-refractivity contribution in [3.8, 4) is 0 Å². The Kier molecular flexibility index (Phi) is 4.19. The fourth-order valence-corrected chi connectivity index (χ4v) is 2.79. The molecule has 0 saturated heterocycles. The molecule has 1 nitrogen and oxygen atoms in total. The lowest BCUT2D eigenvalue weighted by molar-refractivity contribution is 0.710. The van der Waals surface area contributed by atoms with Crippen molar-refractivity contribution in [2.75, 3.05) is 0 Å². The minimum Gasteiger partial charge on any atom is -0.246 e. The van der Waals surface area contributed by atoms with Crippen LogP contribution in [0.2, 0.25) is 5.02 Å². The van der Waals surface area contributed by atoms with Gasteiger partial charge in [0.2, 0.25) is 0 Å². The predicted molar refractivity (Wildman–Crippen MR) is 75.1 cm³/mol. The number of thiazole rings is 1. The molecule has 3 heteroatoms. The highest BCUT2D eigenvalue weighted by molar-refractivity contribution is 7.09. The van der Waals surface area contributed by atoms with Gasteiger partial charge in [-0.15, -0.1) is 11.3 Å². The third kappa shape index (κ3) is 3.08. The van der Waals surface area contributed by atoms with Crippen LogP contribution in [0.4, 0.5) is 0 Å². The first-order chi connectivity index (χ1) is 8.20. The monoisotopic (exact) mass is 265 g/mol. The molecule has 17 heavy (non-hydrogen) atoms. The first kappa shape index (κ1) is 12.6. The van der Waals surface area contributed by atoms with Crippen molar-refractivity contribution < 1.29 is 0 Å². The smallest absolute Gasteiger partial charge is 0.0972 e. The molecule has 2 rings (SSSR count). The highest BCUT2D eigenvalue weighted by atomic mass is 35.5. The summed E-state index contributed by atoms with van der Waals surface area (Å²) in [6, 6.07) is 7.97. The van der Waals surface area contributed by atoms with Crippen LogP contribution in [0.25, 0.3) is 0 Å². The minimum atomic E-state index is 0.547. The lowest BCUT2D eigenvalue weighted by atomic mass is 10.1. The topological polar surface area (TPSA) is 12.9 Å². The maximum absolute atomic E-state index is 6.15. The quantitative estimate of drug-likeness (QED) is 0.766. The number of rotatable bonds is 4. The molecule has 1 unspecified atom stereocenters. The summed E-state index contributed by atoms with van der Waals surface area (Å²) in [5.41, 5.74) is 2.36. The largest absolute Gasteiger partial charge is 0.246 e. The van der Waals surface area contributed by atoms with Gasteiger partial charge < -0.3 is 0 Å². The zero-order valence-corrected chi connectivity index (χ0v) is 11.7. The maximum atomic E-state index is 6.15. The van der Waals surface area contributed by atoms with E-state index in [1.54, 1.807) is 11.3 Å². The van der Waals surface area contributed by atoms with E-state index in [-0.39, 0.29) is 0 Å². The first-order valence-corrected chi connectivity index (χ1v) is 7.14. The molecule has 2 aromatic rings. The molecule has 0 spiro atoms. The number of halogens is 1. The van der Waals surface area contributed by atoms with Crippen LogP contribution in [0.15, 0.2) is 29.6 Å². The SMILES string of the molecule is CCC(C)c1csc(Cc2ccccc2Cl)n1. The van der Waals surface area contributed by atoms with Crippen LogP contribution in [0.5, 0.6) is 0 Å². The lowest BCUT2D eigenvalue weighted by Crippen LogP contribution is -1.93. The lowest BCUT2D eigenvalue weighted by Gasteiger charge is -2.03. The van der Waals surface area contributed by atoms with Gasteiger partial charge >= 0.3 is 0 Å². The number of aromatic nitrogens is 1. The van der Waals surface area contributed by atoms with E-state index < -0.39 is 0 Å². The average molecular weight is 266 g/mol. The van der Waals surface area contributed by atoms with E-state index in [0.29, 0.717) is 5.92 Å². The Balaban J connectivity index is 2.14. The predicted octanol–water partition coefficient (Wildman–Crippen LogP) is 4.90. The van der Waals surface area contributed by atoms with Crippen LogP contribution in [-0.2, 0) is 6.42 Å². The summed E-state index contributed by atoms with van der Waals surface area (Å²) < 4.78 is 0. The minimum absolute atomic E-state index is 0.547. The van der Waals surface area contributed by atoms with E-state index in [2.05, 4.69) is 30.3 Å². The second-order valence-corrected chi connectivity index (χ2v) is 5.59. The molecule has 0 fully saturated rings.